The number of aromatic hydroxyl groups is 1. The standard InChI is InChI=1S/C29H50O3/c1-8-9-10-11-12-13-14-15-16-17-18-23(27(31)32)19-22-20-24(28(2,3)4)26(30)25(21-22)29(5,6)7/h20-21,23,30H,8-19H2,1-7H3,(H,31,32). The van der Waals surface area contributed by atoms with E-state index in [9.17, 15) is 15.0 Å². The third-order valence-corrected chi connectivity index (χ3v) is 6.52. The molecule has 1 unspecified atom stereocenters. The van der Waals surface area contributed by atoms with E-state index >= 15 is 0 Å². The molecule has 1 aromatic rings. The van der Waals surface area contributed by atoms with Gasteiger partial charge in [-0.1, -0.05) is 125 Å². The van der Waals surface area contributed by atoms with Gasteiger partial charge in [0.15, 0.2) is 0 Å². The number of phenols is 1. The molecule has 0 saturated heterocycles. The second-order valence-electron chi connectivity index (χ2n) is 11.7. The van der Waals surface area contributed by atoms with Crippen LogP contribution in [0.3, 0.4) is 0 Å². The van der Waals surface area contributed by atoms with Crippen molar-refractivity contribution in [2.45, 2.75) is 136 Å². The third kappa shape index (κ3) is 9.96. The molecule has 1 aromatic carbocycles. The number of carboxylic acids is 1. The van der Waals surface area contributed by atoms with Crippen molar-refractivity contribution in [2.75, 3.05) is 0 Å². The van der Waals surface area contributed by atoms with Crippen LogP contribution in [0.25, 0.3) is 0 Å². The number of hydrogen-bond acceptors (Lipinski definition) is 2. The van der Waals surface area contributed by atoms with Gasteiger partial charge in [0.1, 0.15) is 5.75 Å². The normalized spacial score (nSPS) is 13.3. The summed E-state index contributed by atoms with van der Waals surface area (Å²) in [5, 5.41) is 20.8. The van der Waals surface area contributed by atoms with Gasteiger partial charge in [0, 0.05) is 0 Å². The van der Waals surface area contributed by atoms with Crippen molar-refractivity contribution in [3.8, 4) is 5.75 Å². The minimum absolute atomic E-state index is 0.199. The molecule has 0 radical (unpaired) electrons. The summed E-state index contributed by atoms with van der Waals surface area (Å²) in [6, 6.07) is 4.05. The van der Waals surface area contributed by atoms with Crippen molar-refractivity contribution in [2.24, 2.45) is 5.92 Å². The Morgan fingerprint density at radius 3 is 1.56 bits per heavy atom. The minimum Gasteiger partial charge on any atom is -0.507 e. The van der Waals surface area contributed by atoms with Crippen molar-refractivity contribution in [1.82, 2.24) is 0 Å². The molecule has 32 heavy (non-hydrogen) atoms. The van der Waals surface area contributed by atoms with Crippen molar-refractivity contribution in [3.05, 3.63) is 28.8 Å². The molecule has 0 heterocycles. The zero-order chi connectivity index (χ0) is 24.4. The summed E-state index contributed by atoms with van der Waals surface area (Å²) < 4.78 is 0. The average Bonchev–Trinajstić information content (AvgIpc) is 2.67. The predicted molar refractivity (Wildman–Crippen MR) is 137 cm³/mol. The van der Waals surface area contributed by atoms with Gasteiger partial charge >= 0.3 is 5.97 Å². The second-order valence-corrected chi connectivity index (χ2v) is 11.7. The first-order valence-corrected chi connectivity index (χ1v) is 13.0. The van der Waals surface area contributed by atoms with Gasteiger partial charge in [-0.3, -0.25) is 4.79 Å². The molecule has 3 nitrogen and oxygen atoms in total. The average molecular weight is 447 g/mol. The largest absolute Gasteiger partial charge is 0.507 e. The molecule has 0 fully saturated rings. The Labute approximate surface area is 198 Å². The lowest BCUT2D eigenvalue weighted by Crippen LogP contribution is -2.20. The number of benzene rings is 1. The molecule has 1 atom stereocenters. The summed E-state index contributed by atoms with van der Waals surface area (Å²) in [5.74, 6) is -0.715. The fourth-order valence-electron chi connectivity index (χ4n) is 4.43. The number of phenolic OH excluding ortho intramolecular Hbond substituents is 1. The first kappa shape index (κ1) is 28.5. The van der Waals surface area contributed by atoms with Gasteiger partial charge in [0.2, 0.25) is 0 Å². The molecule has 0 amide bonds. The molecule has 184 valence electrons. The summed E-state index contributed by atoms with van der Waals surface area (Å²) in [4.78, 5) is 12.0. The lowest BCUT2D eigenvalue weighted by molar-refractivity contribution is -0.142. The van der Waals surface area contributed by atoms with Crippen LogP contribution in [0.5, 0.6) is 5.75 Å². The lowest BCUT2D eigenvalue weighted by atomic mass is 9.77. The van der Waals surface area contributed by atoms with E-state index in [1.807, 2.05) is 12.1 Å². The molecular weight excluding hydrogens is 396 g/mol. The minimum atomic E-state index is -0.705. The van der Waals surface area contributed by atoms with E-state index in [0.717, 1.165) is 36.0 Å². The predicted octanol–water partition coefficient (Wildman–Crippen LogP) is 8.54. The van der Waals surface area contributed by atoms with Crippen LogP contribution >= 0.6 is 0 Å². The first-order valence-electron chi connectivity index (χ1n) is 13.0. The Kier molecular flexibility index (Phi) is 11.8. The van der Waals surface area contributed by atoms with E-state index in [1.54, 1.807) is 0 Å². The summed E-state index contributed by atoms with van der Waals surface area (Å²) in [7, 11) is 0. The summed E-state index contributed by atoms with van der Waals surface area (Å²) in [6.07, 6.45) is 13.8. The summed E-state index contributed by atoms with van der Waals surface area (Å²) >= 11 is 0. The van der Waals surface area contributed by atoms with Gasteiger partial charge in [-0.2, -0.15) is 0 Å². The number of aliphatic carboxylic acids is 1. The molecule has 1 rings (SSSR count). The summed E-state index contributed by atoms with van der Waals surface area (Å²) in [6.45, 7) is 14.8. The Balaban J connectivity index is 2.69. The Hall–Kier alpha value is -1.51. The van der Waals surface area contributed by atoms with Crippen LogP contribution in [0.15, 0.2) is 12.1 Å². The fraction of sp³-hybridized carbons (Fsp3) is 0.759. The zero-order valence-electron chi connectivity index (χ0n) is 22.0. The van der Waals surface area contributed by atoms with Crippen LogP contribution in [0.2, 0.25) is 0 Å². The van der Waals surface area contributed by atoms with Gasteiger partial charge in [0.05, 0.1) is 5.92 Å². The van der Waals surface area contributed by atoms with Gasteiger partial charge in [-0.15, -0.1) is 0 Å². The highest BCUT2D eigenvalue weighted by Gasteiger charge is 2.28. The Morgan fingerprint density at radius 1 is 0.781 bits per heavy atom. The van der Waals surface area contributed by atoms with Gasteiger partial charge in [-0.05, 0) is 40.4 Å². The van der Waals surface area contributed by atoms with Crippen molar-refractivity contribution in [3.63, 3.8) is 0 Å². The van der Waals surface area contributed by atoms with Crippen LogP contribution in [0, 0.1) is 5.92 Å². The summed E-state index contributed by atoms with van der Waals surface area (Å²) in [5.41, 5.74) is 2.44. The molecule has 0 aromatic heterocycles. The van der Waals surface area contributed by atoms with Gasteiger partial charge in [0.25, 0.3) is 0 Å². The van der Waals surface area contributed by atoms with Crippen LogP contribution in [0.1, 0.15) is 136 Å². The van der Waals surface area contributed by atoms with E-state index in [2.05, 4.69) is 48.5 Å². The third-order valence-electron chi connectivity index (χ3n) is 6.52. The Morgan fingerprint density at radius 2 is 1.19 bits per heavy atom. The van der Waals surface area contributed by atoms with E-state index < -0.39 is 5.97 Å². The quantitative estimate of drug-likeness (QED) is 0.281. The number of hydrogen-bond donors (Lipinski definition) is 2. The zero-order valence-corrected chi connectivity index (χ0v) is 22.0. The number of carboxylic acid groups (broad SMARTS) is 1. The molecule has 0 spiro atoms. The maximum absolute atomic E-state index is 12.0. The smallest absolute Gasteiger partial charge is 0.306 e. The molecule has 0 aliphatic rings. The van der Waals surface area contributed by atoms with Crippen molar-refractivity contribution < 1.29 is 15.0 Å². The SMILES string of the molecule is CCCCCCCCCCCCC(Cc1cc(C(C)(C)C)c(O)c(C(C)(C)C)c1)C(=O)O. The first-order chi connectivity index (χ1) is 14.9. The number of rotatable bonds is 14. The monoisotopic (exact) mass is 446 g/mol. The van der Waals surface area contributed by atoms with E-state index in [0.29, 0.717) is 12.2 Å². The molecule has 0 aliphatic carbocycles. The number of unbranched alkanes of at least 4 members (excludes halogenated alkanes) is 9. The topological polar surface area (TPSA) is 57.5 Å². The highest BCUT2D eigenvalue weighted by atomic mass is 16.4. The van der Waals surface area contributed by atoms with Crippen LogP contribution in [0.4, 0.5) is 0 Å². The molecule has 0 bridgehead atoms. The maximum Gasteiger partial charge on any atom is 0.306 e. The molecule has 0 aliphatic heterocycles. The van der Waals surface area contributed by atoms with Crippen molar-refractivity contribution in [1.29, 1.82) is 0 Å². The Bertz CT molecular complexity index is 656. The van der Waals surface area contributed by atoms with Crippen LogP contribution in [-0.4, -0.2) is 16.2 Å². The lowest BCUT2D eigenvalue weighted by Gasteiger charge is -2.28. The van der Waals surface area contributed by atoms with Crippen LogP contribution in [-0.2, 0) is 22.0 Å². The highest BCUT2D eigenvalue weighted by molar-refractivity contribution is 5.70. The second kappa shape index (κ2) is 13.3. The molecule has 0 saturated carbocycles. The van der Waals surface area contributed by atoms with E-state index in [4.69, 9.17) is 0 Å². The number of carbonyl (C=O) groups is 1. The van der Waals surface area contributed by atoms with Crippen molar-refractivity contribution >= 4 is 5.97 Å². The molecular formula is C29H50O3. The molecule has 2 N–H and O–H groups in total. The highest BCUT2D eigenvalue weighted by Crippen LogP contribution is 2.40. The van der Waals surface area contributed by atoms with E-state index in [-0.39, 0.29) is 16.7 Å². The van der Waals surface area contributed by atoms with Gasteiger partial charge in [-0.25, -0.2) is 0 Å². The van der Waals surface area contributed by atoms with E-state index in [1.165, 1.54) is 51.4 Å². The van der Waals surface area contributed by atoms with Crippen LogP contribution < -0.4 is 0 Å². The molecule has 3 heteroatoms. The van der Waals surface area contributed by atoms with Gasteiger partial charge < -0.3 is 10.2 Å². The fourth-order valence-corrected chi connectivity index (χ4v) is 4.43. The maximum atomic E-state index is 12.0.